The number of aryl methyl sites for hydroxylation is 4. The van der Waals surface area contributed by atoms with Crippen LogP contribution in [0.25, 0.3) is 22.7 Å². The van der Waals surface area contributed by atoms with E-state index in [2.05, 4.69) is 80.8 Å². The van der Waals surface area contributed by atoms with E-state index in [1.165, 1.54) is 93.8 Å². The number of halogens is 2. The number of nitriles is 1. The van der Waals surface area contributed by atoms with Crippen molar-refractivity contribution in [3.8, 4) is 28.8 Å². The van der Waals surface area contributed by atoms with Crippen LogP contribution in [-0.4, -0.2) is 173 Å². The van der Waals surface area contributed by atoms with Gasteiger partial charge in [-0.2, -0.15) is 18.1 Å². The largest absolute Gasteiger partial charge is 2.00 e. The number of carbonyl (C=O) groups excluding carboxylic acids is 10. The van der Waals surface area contributed by atoms with Crippen molar-refractivity contribution in [3.63, 3.8) is 0 Å². The van der Waals surface area contributed by atoms with Crippen molar-refractivity contribution < 1.29 is 75.0 Å². The molecule has 4 aromatic heterocycles. The van der Waals surface area contributed by atoms with E-state index in [9.17, 15) is 52.7 Å². The Hall–Kier alpha value is -14.2. The molecule has 4 heterocycles. The fraction of sp³-hybridized carbons (Fsp3) is 0.298. The van der Waals surface area contributed by atoms with Gasteiger partial charge in [0.25, 0.3) is 35.4 Å². The number of aromatic nitrogens is 8. The first-order valence-corrected chi connectivity index (χ1v) is 46.4. The Labute approximate surface area is 842 Å². The van der Waals surface area contributed by atoms with Gasteiger partial charge in [-0.3, -0.25) is 61.4 Å². The molecule has 139 heavy (non-hydrogen) atoms. The number of aromatic carboxylic acids is 1. The second-order valence-corrected chi connectivity index (χ2v) is 37.0. The fourth-order valence-electron chi connectivity index (χ4n) is 14.2. The first-order chi connectivity index (χ1) is 65.3. The minimum absolute atomic E-state index is 0. The molecule has 0 saturated heterocycles. The van der Waals surface area contributed by atoms with Crippen LogP contribution < -0.4 is 67.2 Å². The van der Waals surface area contributed by atoms with Crippen LogP contribution in [0.15, 0.2) is 195 Å². The number of hydrogen-bond acceptors (Lipinski definition) is 21. The van der Waals surface area contributed by atoms with Gasteiger partial charge >= 0.3 is 35.0 Å². The molecule has 5 fully saturated rings. The summed E-state index contributed by atoms with van der Waals surface area (Å²) in [6, 6.07) is 50.4. The average molecular weight is 2020 g/mol. The summed E-state index contributed by atoms with van der Waals surface area (Å²) < 4.78 is 12.7. The molecule has 0 aliphatic heterocycles. The minimum atomic E-state index is -1.12. The molecule has 0 bridgehead atoms. The minimum Gasteiger partial charge on any atom is -1.00 e. The van der Waals surface area contributed by atoms with E-state index in [0.29, 0.717) is 73.2 Å². The van der Waals surface area contributed by atoms with E-state index >= 15 is 0 Å². The number of carbonyl (C=O) groups is 11. The predicted molar refractivity (Wildman–Crippen MR) is 537 cm³/mol. The molecule has 35 heteroatoms. The molecule has 6 amide bonds. The SMILES string of the molecule is CC(C)(C)OC(=O)c1cccc(I)c1.Cc1ccc(C(=O)NC2CC2)cc1-n1cnc(C#N)c1N.Cc1ccc(C(=O)NC2CC2)cc1-n1cnc(C(=O)c2cccc(C(=O)NC(C)C)c2)c1N.Cc1ccc(C(=O)NC2CC2)cc1-n1cnc(C(=O)c2cccc(C(=O)NC(C)C)c2)c1N.Cc1ccc(C(=O)NC2CC2)cc1-n1cnc(C(=O)c2cccc(C(=O)O)c2)c1N.[CH-]1CCCCC1.[Cl-].[Mg+2]. The first kappa shape index (κ1) is 107. The summed E-state index contributed by atoms with van der Waals surface area (Å²) in [5.41, 5.74) is 35.3. The monoisotopic (exact) mass is 2020 g/mol. The number of ether oxygens (including phenoxy) is 1. The Bertz CT molecular complexity index is 6420. The van der Waals surface area contributed by atoms with Crippen LogP contribution in [0.2, 0.25) is 0 Å². The Kier molecular flexibility index (Phi) is 37.1. The van der Waals surface area contributed by atoms with E-state index < -0.39 is 17.4 Å². The first-order valence-electron chi connectivity index (χ1n) is 45.3. The Balaban J connectivity index is 0.000000179. The Morgan fingerprint density at radius 3 is 0.971 bits per heavy atom. The second-order valence-electron chi connectivity index (χ2n) is 35.7. The van der Waals surface area contributed by atoms with Gasteiger partial charge in [0, 0.05) is 89.9 Å². The van der Waals surface area contributed by atoms with Gasteiger partial charge in [-0.25, -0.2) is 29.5 Å². The number of hydrogen-bond donors (Lipinski definition) is 11. The van der Waals surface area contributed by atoms with Crippen LogP contribution in [0.4, 0.5) is 23.3 Å². The Morgan fingerprint density at radius 1 is 0.410 bits per heavy atom. The van der Waals surface area contributed by atoms with Crippen LogP contribution in [0.1, 0.15) is 291 Å². The average Bonchev–Trinajstić information content (AvgIpc) is 1.64. The summed E-state index contributed by atoms with van der Waals surface area (Å²) in [7, 11) is 0. The molecule has 5 aliphatic rings. The number of benzene rings is 8. The normalized spacial score (nSPS) is 13.3. The van der Waals surface area contributed by atoms with Crippen LogP contribution in [-0.2, 0) is 4.74 Å². The number of anilines is 4. The third-order valence-corrected chi connectivity index (χ3v) is 23.0. The molecule has 0 spiro atoms. The van der Waals surface area contributed by atoms with Crippen molar-refractivity contribution in [1.29, 1.82) is 5.26 Å². The zero-order valence-corrected chi connectivity index (χ0v) is 83.7. The molecule has 0 atom stereocenters. The van der Waals surface area contributed by atoms with Crippen LogP contribution >= 0.6 is 22.6 Å². The summed E-state index contributed by atoms with van der Waals surface area (Å²) in [4.78, 5) is 153. The van der Waals surface area contributed by atoms with E-state index in [4.69, 9.17) is 38.0 Å². The Morgan fingerprint density at radius 2 is 0.698 bits per heavy atom. The molecular weight excluding hydrogens is 1910 g/mol. The summed E-state index contributed by atoms with van der Waals surface area (Å²) in [6.45, 7) is 20.6. The second kappa shape index (κ2) is 48.2. The van der Waals surface area contributed by atoms with E-state index in [1.807, 2.05) is 125 Å². The molecule has 12 aromatic rings. The summed E-state index contributed by atoms with van der Waals surface area (Å²) in [5, 5.41) is 35.5. The maximum absolute atomic E-state index is 13.1. The number of nitrogen functional groups attached to an aromatic ring is 4. The van der Waals surface area contributed by atoms with Gasteiger partial charge in [-0.05, 0) is 276 Å². The van der Waals surface area contributed by atoms with Gasteiger partial charge in [0.15, 0.2) is 22.8 Å². The predicted octanol–water partition coefficient (Wildman–Crippen LogP) is 12.2. The maximum Gasteiger partial charge on any atom is 2.00 e. The van der Waals surface area contributed by atoms with Crippen molar-refractivity contribution >= 4 is 134 Å². The molecular formula is C104H113ClIMgN19O13. The summed E-state index contributed by atoms with van der Waals surface area (Å²) >= 11 is 2.17. The number of esters is 1. The molecule has 5 aliphatic carbocycles. The van der Waals surface area contributed by atoms with Gasteiger partial charge in [-0.1, -0.05) is 86.0 Å². The van der Waals surface area contributed by atoms with Crippen LogP contribution in [0.5, 0.6) is 0 Å². The number of amides is 6. The fourth-order valence-corrected chi connectivity index (χ4v) is 14.7. The number of nitrogens with zero attached hydrogens (tertiary/aromatic N) is 9. The third-order valence-electron chi connectivity index (χ3n) is 22.3. The quantitative estimate of drug-likeness (QED) is 0.00880. The van der Waals surface area contributed by atoms with Crippen LogP contribution in [0.3, 0.4) is 0 Å². The molecule has 0 radical (unpaired) electrons. The topological polar surface area (TPSA) is 489 Å². The zero-order valence-electron chi connectivity index (χ0n) is 79.4. The summed E-state index contributed by atoms with van der Waals surface area (Å²) in [5.74, 6) is -2.93. The van der Waals surface area contributed by atoms with Crippen molar-refractivity contribution in [2.75, 3.05) is 22.9 Å². The number of nitrogens with two attached hydrogens (primary N) is 4. The van der Waals surface area contributed by atoms with Gasteiger partial charge < -0.3 is 83.5 Å². The van der Waals surface area contributed by atoms with Crippen molar-refractivity contribution in [3.05, 3.63) is 311 Å². The molecule has 15 N–H and O–H groups in total. The number of ketones is 3. The van der Waals surface area contributed by atoms with Crippen molar-refractivity contribution in [1.82, 2.24) is 70.1 Å². The third kappa shape index (κ3) is 29.2. The molecule has 0 unspecified atom stereocenters. The van der Waals surface area contributed by atoms with E-state index in [1.54, 1.807) is 109 Å². The summed E-state index contributed by atoms with van der Waals surface area (Å²) in [6.07, 6.45) is 23.5. The van der Waals surface area contributed by atoms with Gasteiger partial charge in [0.1, 0.15) is 60.3 Å². The molecule has 8 aromatic carbocycles. The van der Waals surface area contributed by atoms with Gasteiger partial charge in [0.2, 0.25) is 17.3 Å². The smallest absolute Gasteiger partial charge is 1.00 e. The van der Waals surface area contributed by atoms with Gasteiger partial charge in [-0.15, -0.1) is 0 Å². The molecule has 17 rings (SSSR count). The maximum atomic E-state index is 13.1. The molecule has 718 valence electrons. The van der Waals surface area contributed by atoms with Crippen molar-refractivity contribution in [2.45, 2.75) is 201 Å². The molecule has 32 nitrogen and oxygen atoms in total. The van der Waals surface area contributed by atoms with Gasteiger partial charge in [0.05, 0.1) is 33.9 Å². The number of rotatable bonds is 24. The number of imidazole rings is 4. The van der Waals surface area contributed by atoms with Crippen molar-refractivity contribution in [2.24, 2.45) is 0 Å². The van der Waals surface area contributed by atoms with E-state index in [0.717, 1.165) is 82.9 Å². The standard InChI is InChI=1S/2C25H27N5O3.C22H20N4O4.C15H15N5O.C11H13IO2.C6H11.ClH.Mg/c2*1-14(2)28-24(32)17-6-4-5-16(11-17)22(31)21-23(26)30(13-27-21)20-12-18(8-7-15(20)3)25(33)29-19-9-10-19;1-12-5-6-14(21(28)25-16-7-8-16)10-17(12)26-11-24-18(20(26)23)19(27)13-3-2-4-15(9-13)22(29)30;1-9-2-3-10(15(21)19-11-4-5-11)6-13(9)20-8-18-12(7-16)14(20)17;1-11(2,3)14-10(13)8-5-4-6-9(12)7-8;1-2-4-6-5-3-1;;/h2*4-8,11-14,19H,9-10,26H2,1-3H3,(H,28,32)(H,29,33);2-6,9-11,16H,7-8,23H2,1H3,(H,25,28)(H,29,30);2-3,6,8,11H,4-5,17H2,1H3,(H,19,21);4-7H,1-3H3;1H,2-6H2;1H;/q;;;;;-1;;+2/p-1. The van der Waals surface area contributed by atoms with E-state index in [-0.39, 0.29) is 176 Å². The van der Waals surface area contributed by atoms with Crippen LogP contribution in [0, 0.1) is 49.0 Å². The number of nitrogens with one attached hydrogen (secondary N) is 6. The molecule has 5 saturated carbocycles. The number of carboxylic acids is 1. The zero-order chi connectivity index (χ0) is 98.8. The number of carboxylic acid groups (broad SMARTS) is 1.